The second-order valence-electron chi connectivity index (χ2n) is 8.59. The highest BCUT2D eigenvalue weighted by Gasteiger charge is 2.22. The number of anilines is 3. The van der Waals surface area contributed by atoms with Crippen molar-refractivity contribution in [2.75, 3.05) is 30.4 Å². The summed E-state index contributed by atoms with van der Waals surface area (Å²) in [6.45, 7) is 2.79. The van der Waals surface area contributed by atoms with E-state index in [9.17, 15) is 0 Å². The summed E-state index contributed by atoms with van der Waals surface area (Å²) in [5.41, 5.74) is 4.81. The Kier molecular flexibility index (Phi) is 6.01. The first-order valence-electron chi connectivity index (χ1n) is 11.4. The molecule has 1 fully saturated rings. The molecule has 1 aromatic heterocycles. The highest BCUT2D eigenvalue weighted by molar-refractivity contribution is 5.86. The van der Waals surface area contributed by atoms with Crippen LogP contribution in [-0.2, 0) is 13.0 Å². The van der Waals surface area contributed by atoms with E-state index in [2.05, 4.69) is 56.6 Å². The number of nitrogens with zero attached hydrogens (tertiary/aromatic N) is 4. The molecule has 0 bridgehead atoms. The lowest BCUT2D eigenvalue weighted by molar-refractivity contribution is 0.387. The highest BCUT2D eigenvalue weighted by atomic mass is 16.5. The maximum atomic E-state index is 5.36. The second-order valence-corrected chi connectivity index (χ2v) is 8.59. The molecular weight excluding hydrogens is 398 g/mol. The van der Waals surface area contributed by atoms with Gasteiger partial charge in [0.25, 0.3) is 0 Å². The Morgan fingerprint density at radius 3 is 3.06 bits per heavy atom. The molecule has 164 valence electrons. The van der Waals surface area contributed by atoms with Crippen molar-refractivity contribution in [3.05, 3.63) is 71.4 Å². The molecule has 2 aliphatic rings. The summed E-state index contributed by atoms with van der Waals surface area (Å²) in [4.78, 5) is 16.1. The predicted molar refractivity (Wildman–Crippen MR) is 129 cm³/mol. The van der Waals surface area contributed by atoms with Crippen molar-refractivity contribution in [3.8, 4) is 5.75 Å². The molecule has 3 aromatic rings. The Morgan fingerprint density at radius 2 is 2.12 bits per heavy atom. The molecule has 6 nitrogen and oxygen atoms in total. The van der Waals surface area contributed by atoms with Gasteiger partial charge in [-0.15, -0.1) is 0 Å². The number of nitrogens with one attached hydrogen (secondary N) is 1. The molecule has 32 heavy (non-hydrogen) atoms. The SMILES string of the molecule is COc1cccc(CCC2CCCN(c3nccc(Nc4ccc5c(c4)C=NC5)n3)C2)c1. The van der Waals surface area contributed by atoms with Crippen LogP contribution in [-0.4, -0.2) is 36.4 Å². The van der Waals surface area contributed by atoms with Crippen LogP contribution in [0.1, 0.15) is 36.0 Å². The summed E-state index contributed by atoms with van der Waals surface area (Å²) in [6, 6.07) is 16.7. The van der Waals surface area contributed by atoms with Gasteiger partial charge in [-0.3, -0.25) is 4.99 Å². The molecule has 6 heteroatoms. The predicted octanol–water partition coefficient (Wildman–Crippen LogP) is 5.01. The lowest BCUT2D eigenvalue weighted by Crippen LogP contribution is -2.36. The lowest BCUT2D eigenvalue weighted by Gasteiger charge is -2.33. The summed E-state index contributed by atoms with van der Waals surface area (Å²) in [5, 5.41) is 3.43. The van der Waals surface area contributed by atoms with Crippen molar-refractivity contribution < 1.29 is 4.74 Å². The Labute approximate surface area is 189 Å². The molecule has 0 spiro atoms. The van der Waals surface area contributed by atoms with Crippen molar-refractivity contribution in [2.24, 2.45) is 10.9 Å². The first-order valence-corrected chi connectivity index (χ1v) is 11.4. The molecule has 2 aromatic carbocycles. The highest BCUT2D eigenvalue weighted by Crippen LogP contribution is 2.26. The number of aliphatic imine (C=N–C) groups is 1. The smallest absolute Gasteiger partial charge is 0.227 e. The first kappa shape index (κ1) is 20.5. The van der Waals surface area contributed by atoms with E-state index in [4.69, 9.17) is 9.72 Å². The largest absolute Gasteiger partial charge is 0.497 e. The van der Waals surface area contributed by atoms with Gasteiger partial charge in [0.1, 0.15) is 11.6 Å². The molecular formula is C26H29N5O. The Balaban J connectivity index is 1.22. The molecule has 0 aliphatic carbocycles. The summed E-state index contributed by atoms with van der Waals surface area (Å²) in [5.74, 6) is 3.21. The number of benzene rings is 2. The van der Waals surface area contributed by atoms with Crippen LogP contribution in [0.15, 0.2) is 59.7 Å². The molecule has 0 saturated carbocycles. The van der Waals surface area contributed by atoms with Gasteiger partial charge in [-0.1, -0.05) is 18.2 Å². The van der Waals surface area contributed by atoms with Crippen molar-refractivity contribution in [1.82, 2.24) is 9.97 Å². The van der Waals surface area contributed by atoms with Gasteiger partial charge in [-0.25, -0.2) is 4.98 Å². The Bertz CT molecular complexity index is 1110. The molecule has 1 atom stereocenters. The van der Waals surface area contributed by atoms with Crippen LogP contribution in [0.2, 0.25) is 0 Å². The molecule has 1 N–H and O–H groups in total. The maximum absolute atomic E-state index is 5.36. The van der Waals surface area contributed by atoms with Crippen molar-refractivity contribution >= 4 is 23.7 Å². The first-order chi connectivity index (χ1) is 15.8. The van der Waals surface area contributed by atoms with E-state index in [0.29, 0.717) is 5.92 Å². The van der Waals surface area contributed by atoms with Gasteiger partial charge in [-0.05, 0) is 78.6 Å². The average Bonchev–Trinajstić information content (AvgIpc) is 3.31. The second kappa shape index (κ2) is 9.39. The molecule has 3 heterocycles. The van der Waals surface area contributed by atoms with Crippen LogP contribution in [0.5, 0.6) is 5.75 Å². The third kappa shape index (κ3) is 4.74. The summed E-state index contributed by atoms with van der Waals surface area (Å²) in [6.07, 6.45) is 8.45. The summed E-state index contributed by atoms with van der Waals surface area (Å²) >= 11 is 0. The fourth-order valence-corrected chi connectivity index (χ4v) is 4.58. The summed E-state index contributed by atoms with van der Waals surface area (Å²) in [7, 11) is 1.72. The Morgan fingerprint density at radius 1 is 1.16 bits per heavy atom. The zero-order valence-corrected chi connectivity index (χ0v) is 18.5. The van der Waals surface area contributed by atoms with Gasteiger partial charge >= 0.3 is 0 Å². The van der Waals surface area contributed by atoms with Crippen LogP contribution in [0, 0.1) is 5.92 Å². The third-order valence-electron chi connectivity index (χ3n) is 6.33. The van der Waals surface area contributed by atoms with Gasteiger partial charge in [-0.2, -0.15) is 4.98 Å². The average molecular weight is 428 g/mol. The summed E-state index contributed by atoms with van der Waals surface area (Å²) < 4.78 is 5.36. The fourth-order valence-electron chi connectivity index (χ4n) is 4.58. The zero-order valence-electron chi connectivity index (χ0n) is 18.5. The van der Waals surface area contributed by atoms with Gasteiger partial charge in [0, 0.05) is 31.2 Å². The van der Waals surface area contributed by atoms with Gasteiger partial charge in [0.05, 0.1) is 13.7 Å². The van der Waals surface area contributed by atoms with E-state index in [0.717, 1.165) is 55.7 Å². The van der Waals surface area contributed by atoms with Crippen molar-refractivity contribution in [3.63, 3.8) is 0 Å². The third-order valence-corrected chi connectivity index (χ3v) is 6.33. The quantitative estimate of drug-likeness (QED) is 0.574. The van der Waals surface area contributed by atoms with Crippen LogP contribution in [0.3, 0.4) is 0 Å². The minimum atomic E-state index is 0.645. The molecule has 2 aliphatic heterocycles. The fraction of sp³-hybridized carbons (Fsp3) is 0.346. The number of aromatic nitrogens is 2. The minimum absolute atomic E-state index is 0.645. The normalized spacial score (nSPS) is 17.3. The molecule has 1 unspecified atom stereocenters. The van der Waals surface area contributed by atoms with Crippen molar-refractivity contribution in [2.45, 2.75) is 32.2 Å². The van der Waals surface area contributed by atoms with Crippen molar-refractivity contribution in [1.29, 1.82) is 0 Å². The number of hydrogen-bond acceptors (Lipinski definition) is 6. The van der Waals surface area contributed by atoms with E-state index in [1.165, 1.54) is 29.5 Å². The van der Waals surface area contributed by atoms with E-state index in [-0.39, 0.29) is 0 Å². The number of piperidine rings is 1. The molecule has 1 saturated heterocycles. The number of aryl methyl sites for hydroxylation is 1. The number of rotatable bonds is 7. The van der Waals surface area contributed by atoms with Gasteiger partial charge < -0.3 is 15.0 Å². The molecule has 5 rings (SSSR count). The van der Waals surface area contributed by atoms with E-state index in [1.54, 1.807) is 7.11 Å². The molecule has 0 radical (unpaired) electrons. The van der Waals surface area contributed by atoms with Crippen LogP contribution >= 0.6 is 0 Å². The monoisotopic (exact) mass is 427 g/mol. The van der Waals surface area contributed by atoms with Crippen LogP contribution < -0.4 is 15.0 Å². The lowest BCUT2D eigenvalue weighted by atomic mass is 9.92. The van der Waals surface area contributed by atoms with E-state index >= 15 is 0 Å². The standard InChI is InChI=1S/C26H29N5O/c1-32-24-6-2-4-19(14-24)7-8-20-5-3-13-31(18-20)26-28-12-11-25(30-26)29-23-10-9-21-16-27-17-22(21)15-23/h2,4,6,9-12,14-15,17,20H,3,5,7-8,13,16,18H2,1H3,(H,28,29,30). The molecule has 0 amide bonds. The number of ether oxygens (including phenoxy) is 1. The topological polar surface area (TPSA) is 62.6 Å². The number of methoxy groups -OCH3 is 1. The van der Waals surface area contributed by atoms with E-state index < -0.39 is 0 Å². The van der Waals surface area contributed by atoms with E-state index in [1.807, 2.05) is 24.5 Å². The minimum Gasteiger partial charge on any atom is -0.497 e. The zero-order chi connectivity index (χ0) is 21.8. The van der Waals surface area contributed by atoms with Gasteiger partial charge in [0.2, 0.25) is 5.95 Å². The van der Waals surface area contributed by atoms with Crippen LogP contribution in [0.4, 0.5) is 17.5 Å². The number of fused-ring (bicyclic) bond motifs is 1. The Hall–Kier alpha value is -3.41. The maximum Gasteiger partial charge on any atom is 0.227 e. The van der Waals surface area contributed by atoms with Gasteiger partial charge in [0.15, 0.2) is 0 Å². The van der Waals surface area contributed by atoms with Crippen LogP contribution in [0.25, 0.3) is 0 Å². The number of hydrogen-bond donors (Lipinski definition) is 1.